The number of carbonyl (C=O) groups is 2. The number of hydrogen-bond donors (Lipinski definition) is 3. The second-order valence-corrected chi connectivity index (χ2v) is 13.1. The lowest BCUT2D eigenvalue weighted by atomic mass is 9.74. The van der Waals surface area contributed by atoms with E-state index in [1.165, 1.54) is 10.6 Å². The smallest absolute Gasteiger partial charge is 0.245 e. The normalized spacial score (nSPS) is 18.0. The summed E-state index contributed by atoms with van der Waals surface area (Å²) < 4.78 is 26.5. The third kappa shape index (κ3) is 4.78. The molecule has 1 aromatic heterocycles. The first kappa shape index (κ1) is 26.2. The monoisotopic (exact) mass is 537 g/mol. The van der Waals surface area contributed by atoms with Crippen molar-refractivity contribution in [2.24, 2.45) is 5.73 Å². The minimum Gasteiger partial charge on any atom is -0.361 e. The van der Waals surface area contributed by atoms with Gasteiger partial charge in [-0.05, 0) is 49.9 Å². The number of nitrogens with one attached hydrogen (secondary N) is 2. The van der Waals surface area contributed by atoms with Gasteiger partial charge in [-0.1, -0.05) is 36.4 Å². The van der Waals surface area contributed by atoms with Crippen LogP contribution in [0.2, 0.25) is 0 Å². The summed E-state index contributed by atoms with van der Waals surface area (Å²) in [6.45, 7) is 4.55. The molecule has 9 nitrogen and oxygen atoms in total. The number of H-pyrrole nitrogens is 1. The highest BCUT2D eigenvalue weighted by atomic mass is 32.2. The van der Waals surface area contributed by atoms with Gasteiger partial charge in [0.15, 0.2) is 0 Å². The van der Waals surface area contributed by atoms with E-state index in [1.807, 2.05) is 54.7 Å². The molecule has 1 spiro atoms. The number of nitrogens with zero attached hydrogens (tertiary/aromatic N) is 2. The standard InChI is InChI=1S/C28H35N5O4S/c1-27(2,29)26(35)31-23(16-19-17-30-22-10-6-4-8-20(19)22)25(34)32-14-12-28(13-15-32)18-33(38(3,36)37)24-11-7-5-9-21(24)28/h4-11,17,23,30H,12-16,18,29H2,1-3H3,(H,31,35)/t23-/m1/s1. The summed E-state index contributed by atoms with van der Waals surface area (Å²) in [5.41, 5.74) is 8.22. The average molecular weight is 538 g/mol. The molecule has 0 saturated carbocycles. The number of anilines is 1. The molecule has 1 atom stereocenters. The summed E-state index contributed by atoms with van der Waals surface area (Å²) in [6.07, 6.45) is 4.72. The van der Waals surface area contributed by atoms with Crippen molar-refractivity contribution in [1.29, 1.82) is 0 Å². The lowest BCUT2D eigenvalue weighted by Gasteiger charge is -2.41. The molecule has 2 aliphatic rings. The van der Waals surface area contributed by atoms with E-state index in [-0.39, 0.29) is 11.3 Å². The van der Waals surface area contributed by atoms with Crippen molar-refractivity contribution >= 4 is 38.4 Å². The number of carbonyl (C=O) groups excluding carboxylic acids is 2. The molecule has 1 fully saturated rings. The van der Waals surface area contributed by atoms with E-state index in [0.717, 1.165) is 27.7 Å². The molecular formula is C28H35N5O4S. The Morgan fingerprint density at radius 2 is 1.76 bits per heavy atom. The fraction of sp³-hybridized carbons (Fsp3) is 0.429. The zero-order valence-electron chi connectivity index (χ0n) is 22.0. The van der Waals surface area contributed by atoms with Crippen LogP contribution in [-0.4, -0.2) is 67.6 Å². The van der Waals surface area contributed by atoms with E-state index in [9.17, 15) is 18.0 Å². The van der Waals surface area contributed by atoms with Crippen molar-refractivity contribution in [3.8, 4) is 0 Å². The highest BCUT2D eigenvalue weighted by Gasteiger charge is 2.48. The average Bonchev–Trinajstić information content (AvgIpc) is 3.43. The number of nitrogens with two attached hydrogens (primary N) is 1. The van der Waals surface area contributed by atoms with E-state index >= 15 is 0 Å². The number of likely N-dealkylation sites (tertiary alicyclic amines) is 1. The Morgan fingerprint density at radius 1 is 1.11 bits per heavy atom. The number of sulfonamides is 1. The Hall–Kier alpha value is -3.37. The molecule has 4 N–H and O–H groups in total. The zero-order chi connectivity index (χ0) is 27.3. The molecule has 0 unspecified atom stereocenters. The Balaban J connectivity index is 1.37. The topological polar surface area (TPSA) is 129 Å². The van der Waals surface area contributed by atoms with Gasteiger partial charge < -0.3 is 20.9 Å². The molecule has 0 bridgehead atoms. The largest absolute Gasteiger partial charge is 0.361 e. The van der Waals surface area contributed by atoms with E-state index in [0.29, 0.717) is 38.9 Å². The number of rotatable bonds is 6. The second kappa shape index (κ2) is 9.43. The Morgan fingerprint density at radius 3 is 2.45 bits per heavy atom. The summed E-state index contributed by atoms with van der Waals surface area (Å²) >= 11 is 0. The van der Waals surface area contributed by atoms with Gasteiger partial charge in [-0.15, -0.1) is 0 Å². The maximum Gasteiger partial charge on any atom is 0.245 e. The number of hydrogen-bond acceptors (Lipinski definition) is 5. The molecule has 5 rings (SSSR count). The van der Waals surface area contributed by atoms with Crippen LogP contribution in [0.4, 0.5) is 5.69 Å². The van der Waals surface area contributed by atoms with Crippen molar-refractivity contribution in [3.05, 3.63) is 65.9 Å². The van der Waals surface area contributed by atoms with Gasteiger partial charge in [-0.2, -0.15) is 0 Å². The lowest BCUT2D eigenvalue weighted by molar-refractivity contribution is -0.138. The fourth-order valence-electron chi connectivity index (χ4n) is 5.75. The molecule has 202 valence electrons. The van der Waals surface area contributed by atoms with Gasteiger partial charge in [-0.25, -0.2) is 8.42 Å². The van der Waals surface area contributed by atoms with Crippen LogP contribution < -0.4 is 15.4 Å². The van der Waals surface area contributed by atoms with Gasteiger partial charge in [0.25, 0.3) is 0 Å². The molecule has 3 heterocycles. The molecule has 2 aromatic carbocycles. The number of para-hydroxylation sites is 2. The molecule has 2 amide bonds. The lowest BCUT2D eigenvalue weighted by Crippen LogP contribution is -2.58. The van der Waals surface area contributed by atoms with Crippen molar-refractivity contribution in [1.82, 2.24) is 15.2 Å². The zero-order valence-corrected chi connectivity index (χ0v) is 22.8. The van der Waals surface area contributed by atoms with Crippen LogP contribution in [-0.2, 0) is 31.4 Å². The van der Waals surface area contributed by atoms with Crippen LogP contribution in [0.3, 0.4) is 0 Å². The number of amides is 2. The Kier molecular flexibility index (Phi) is 6.51. The predicted octanol–water partition coefficient (Wildman–Crippen LogP) is 2.27. The molecule has 38 heavy (non-hydrogen) atoms. The third-order valence-corrected chi connectivity index (χ3v) is 9.04. The Bertz CT molecular complexity index is 1480. The van der Waals surface area contributed by atoms with E-state index in [1.54, 1.807) is 18.7 Å². The first-order valence-corrected chi connectivity index (χ1v) is 14.7. The highest BCUT2D eigenvalue weighted by Crippen LogP contribution is 2.47. The first-order chi connectivity index (χ1) is 17.9. The van der Waals surface area contributed by atoms with Gasteiger partial charge in [0, 0.05) is 48.6 Å². The summed E-state index contributed by atoms with van der Waals surface area (Å²) in [4.78, 5) is 31.7. The van der Waals surface area contributed by atoms with Crippen LogP contribution in [0.25, 0.3) is 10.9 Å². The molecule has 0 aliphatic carbocycles. The highest BCUT2D eigenvalue weighted by molar-refractivity contribution is 7.92. The quantitative estimate of drug-likeness (QED) is 0.444. The minimum absolute atomic E-state index is 0.158. The summed E-state index contributed by atoms with van der Waals surface area (Å²) in [5, 5.41) is 3.91. The molecule has 0 radical (unpaired) electrons. The molecule has 3 aromatic rings. The van der Waals surface area contributed by atoms with Gasteiger partial charge >= 0.3 is 0 Å². The number of piperidine rings is 1. The molecule has 1 saturated heterocycles. The first-order valence-electron chi connectivity index (χ1n) is 12.9. The van der Waals surface area contributed by atoms with Crippen molar-refractivity contribution < 1.29 is 18.0 Å². The van der Waals surface area contributed by atoms with Gasteiger partial charge in [0.05, 0.1) is 17.5 Å². The molecule has 2 aliphatic heterocycles. The predicted molar refractivity (Wildman–Crippen MR) is 148 cm³/mol. The number of benzene rings is 2. The summed E-state index contributed by atoms with van der Waals surface area (Å²) in [6, 6.07) is 14.7. The fourth-order valence-corrected chi connectivity index (χ4v) is 6.75. The van der Waals surface area contributed by atoms with Crippen LogP contribution in [0.15, 0.2) is 54.7 Å². The van der Waals surface area contributed by atoms with Gasteiger partial charge in [-0.3, -0.25) is 13.9 Å². The van der Waals surface area contributed by atoms with E-state index < -0.39 is 27.5 Å². The second-order valence-electron chi connectivity index (χ2n) is 11.2. The van der Waals surface area contributed by atoms with Crippen molar-refractivity contribution in [2.75, 3.05) is 30.2 Å². The van der Waals surface area contributed by atoms with E-state index in [4.69, 9.17) is 5.73 Å². The maximum atomic E-state index is 13.8. The molecule has 10 heteroatoms. The summed E-state index contributed by atoms with van der Waals surface area (Å²) in [7, 11) is -3.42. The third-order valence-electron chi connectivity index (χ3n) is 7.91. The van der Waals surface area contributed by atoms with E-state index in [2.05, 4.69) is 10.3 Å². The number of fused-ring (bicyclic) bond motifs is 3. The van der Waals surface area contributed by atoms with Crippen LogP contribution >= 0.6 is 0 Å². The minimum atomic E-state index is -3.42. The van der Waals surface area contributed by atoms with Crippen molar-refractivity contribution in [3.63, 3.8) is 0 Å². The van der Waals surface area contributed by atoms with Crippen LogP contribution in [0, 0.1) is 0 Å². The molecular weight excluding hydrogens is 502 g/mol. The van der Waals surface area contributed by atoms with Crippen LogP contribution in [0.1, 0.15) is 37.8 Å². The SMILES string of the molecule is CC(C)(N)C(=O)N[C@H](Cc1c[nH]c2ccccc12)C(=O)N1CCC2(CC1)CN(S(C)(=O)=O)c1ccccc12. The number of aromatic nitrogens is 1. The van der Waals surface area contributed by atoms with Crippen LogP contribution in [0.5, 0.6) is 0 Å². The summed E-state index contributed by atoms with van der Waals surface area (Å²) in [5.74, 6) is -0.549. The van der Waals surface area contributed by atoms with Crippen molar-refractivity contribution in [2.45, 2.75) is 50.1 Å². The maximum absolute atomic E-state index is 13.8. The van der Waals surface area contributed by atoms with Gasteiger partial charge in [0.2, 0.25) is 21.8 Å². The Labute approximate surface area is 223 Å². The van der Waals surface area contributed by atoms with Gasteiger partial charge in [0.1, 0.15) is 6.04 Å². The number of aromatic amines is 1.